The average Bonchev–Trinajstić information content (AvgIpc) is 2.96. The SMILES string of the molecule is CC1NCCc2c1oc1cc(S(=O)(=O)c3ccc(F)c(F)c3)ccc21. The van der Waals surface area contributed by atoms with Crippen LogP contribution in [-0.4, -0.2) is 15.0 Å². The Morgan fingerprint density at radius 2 is 1.80 bits per heavy atom. The Hall–Kier alpha value is -2.25. The Morgan fingerprint density at radius 1 is 1.08 bits per heavy atom. The molecule has 130 valence electrons. The quantitative estimate of drug-likeness (QED) is 0.705. The molecule has 0 spiro atoms. The standard InChI is InChI=1S/C18H15F2NO3S/c1-10-18-14(6-7-21-10)13-4-2-12(9-17(13)24-18)25(22,23)11-3-5-15(19)16(20)8-11/h2-5,8-10,21H,6-7H2,1H3. The molecule has 1 aliphatic heterocycles. The fraction of sp³-hybridized carbons (Fsp3) is 0.222. The molecule has 0 radical (unpaired) electrons. The van der Waals surface area contributed by atoms with E-state index in [0.717, 1.165) is 41.8 Å². The first-order valence-electron chi connectivity index (χ1n) is 7.87. The van der Waals surface area contributed by atoms with Crippen LogP contribution in [0.15, 0.2) is 50.6 Å². The molecule has 0 fully saturated rings. The van der Waals surface area contributed by atoms with Gasteiger partial charge in [-0.15, -0.1) is 0 Å². The van der Waals surface area contributed by atoms with Crippen molar-refractivity contribution < 1.29 is 21.6 Å². The van der Waals surface area contributed by atoms with Crippen LogP contribution in [0.3, 0.4) is 0 Å². The number of hydrogen-bond donors (Lipinski definition) is 1. The molecule has 0 amide bonds. The van der Waals surface area contributed by atoms with E-state index in [1.165, 1.54) is 12.1 Å². The third-order valence-electron chi connectivity index (χ3n) is 4.53. The maximum Gasteiger partial charge on any atom is 0.206 e. The Morgan fingerprint density at radius 3 is 2.56 bits per heavy atom. The first kappa shape index (κ1) is 16.2. The molecular formula is C18H15F2NO3S. The minimum absolute atomic E-state index is 0.0160. The molecule has 1 aliphatic rings. The topological polar surface area (TPSA) is 59.3 Å². The van der Waals surface area contributed by atoms with Crippen LogP contribution in [0.4, 0.5) is 8.78 Å². The van der Waals surface area contributed by atoms with Gasteiger partial charge >= 0.3 is 0 Å². The number of hydrogen-bond acceptors (Lipinski definition) is 4. The first-order valence-corrected chi connectivity index (χ1v) is 9.35. The second kappa shape index (κ2) is 5.64. The Balaban J connectivity index is 1.85. The number of fused-ring (bicyclic) bond motifs is 3. The summed E-state index contributed by atoms with van der Waals surface area (Å²) in [6.07, 6.45) is 0.807. The monoisotopic (exact) mass is 363 g/mol. The highest BCUT2D eigenvalue weighted by atomic mass is 32.2. The number of nitrogens with one attached hydrogen (secondary N) is 1. The molecule has 1 atom stereocenters. The zero-order valence-electron chi connectivity index (χ0n) is 13.3. The molecule has 25 heavy (non-hydrogen) atoms. The van der Waals surface area contributed by atoms with Gasteiger partial charge in [0.25, 0.3) is 0 Å². The molecule has 1 aromatic heterocycles. The molecule has 2 aromatic carbocycles. The van der Waals surface area contributed by atoms with Crippen LogP contribution in [-0.2, 0) is 16.3 Å². The molecule has 4 nitrogen and oxygen atoms in total. The third-order valence-corrected chi connectivity index (χ3v) is 6.28. The van der Waals surface area contributed by atoms with Gasteiger partial charge in [-0.05, 0) is 50.2 Å². The van der Waals surface area contributed by atoms with Gasteiger partial charge in [-0.25, -0.2) is 17.2 Å². The summed E-state index contributed by atoms with van der Waals surface area (Å²) in [5, 5.41) is 4.17. The maximum absolute atomic E-state index is 13.4. The van der Waals surface area contributed by atoms with E-state index in [9.17, 15) is 17.2 Å². The van der Waals surface area contributed by atoms with Crippen LogP contribution >= 0.6 is 0 Å². The first-order chi connectivity index (χ1) is 11.9. The van der Waals surface area contributed by atoms with Gasteiger partial charge in [0.15, 0.2) is 11.6 Å². The van der Waals surface area contributed by atoms with Crippen molar-refractivity contribution in [1.29, 1.82) is 0 Å². The molecule has 2 heterocycles. The Bertz CT molecular complexity index is 1090. The lowest BCUT2D eigenvalue weighted by Crippen LogP contribution is -2.26. The van der Waals surface area contributed by atoms with Gasteiger partial charge < -0.3 is 9.73 Å². The van der Waals surface area contributed by atoms with E-state index in [1.54, 1.807) is 6.07 Å². The number of benzene rings is 2. The highest BCUT2D eigenvalue weighted by molar-refractivity contribution is 7.91. The van der Waals surface area contributed by atoms with E-state index >= 15 is 0 Å². The molecular weight excluding hydrogens is 348 g/mol. The highest BCUT2D eigenvalue weighted by Crippen LogP contribution is 2.35. The summed E-state index contributed by atoms with van der Waals surface area (Å²) < 4.78 is 57.8. The summed E-state index contributed by atoms with van der Waals surface area (Å²) in [5.74, 6) is -1.48. The van der Waals surface area contributed by atoms with Crippen molar-refractivity contribution in [2.45, 2.75) is 29.2 Å². The summed E-state index contributed by atoms with van der Waals surface area (Å²) >= 11 is 0. The van der Waals surface area contributed by atoms with Crippen molar-refractivity contribution >= 4 is 20.8 Å². The van der Waals surface area contributed by atoms with Crippen LogP contribution in [0.2, 0.25) is 0 Å². The summed E-state index contributed by atoms with van der Waals surface area (Å²) in [5.41, 5.74) is 1.56. The van der Waals surface area contributed by atoms with Crippen LogP contribution in [0, 0.1) is 11.6 Å². The van der Waals surface area contributed by atoms with E-state index < -0.39 is 21.5 Å². The van der Waals surface area contributed by atoms with Crippen molar-refractivity contribution in [3.05, 3.63) is 59.4 Å². The molecule has 0 saturated heterocycles. The molecule has 0 bridgehead atoms. The summed E-state index contributed by atoms with van der Waals surface area (Å²) in [6, 6.07) is 7.23. The van der Waals surface area contributed by atoms with Gasteiger partial charge in [0, 0.05) is 17.0 Å². The van der Waals surface area contributed by atoms with Gasteiger partial charge in [-0.1, -0.05) is 0 Å². The van der Waals surface area contributed by atoms with Crippen molar-refractivity contribution in [3.8, 4) is 0 Å². The highest BCUT2D eigenvalue weighted by Gasteiger charge is 2.25. The van der Waals surface area contributed by atoms with Crippen molar-refractivity contribution in [3.63, 3.8) is 0 Å². The minimum atomic E-state index is -3.97. The van der Waals surface area contributed by atoms with Crippen LogP contribution in [0.1, 0.15) is 24.3 Å². The normalized spacial score (nSPS) is 17.6. The molecule has 3 aromatic rings. The third kappa shape index (κ3) is 2.54. The number of sulfone groups is 1. The van der Waals surface area contributed by atoms with Crippen molar-refractivity contribution in [1.82, 2.24) is 5.32 Å². The van der Waals surface area contributed by atoms with Crippen LogP contribution in [0.25, 0.3) is 11.0 Å². The van der Waals surface area contributed by atoms with E-state index in [2.05, 4.69) is 5.32 Å². The van der Waals surface area contributed by atoms with Crippen LogP contribution in [0.5, 0.6) is 0 Å². The fourth-order valence-corrected chi connectivity index (χ4v) is 4.50. The van der Waals surface area contributed by atoms with Gasteiger partial charge in [-0.2, -0.15) is 0 Å². The molecule has 0 saturated carbocycles. The van der Waals surface area contributed by atoms with Gasteiger partial charge in [0.05, 0.1) is 15.8 Å². The van der Waals surface area contributed by atoms with Crippen molar-refractivity contribution in [2.75, 3.05) is 6.54 Å². The zero-order chi connectivity index (χ0) is 17.8. The largest absolute Gasteiger partial charge is 0.459 e. The van der Waals surface area contributed by atoms with E-state index in [0.29, 0.717) is 11.6 Å². The van der Waals surface area contributed by atoms with Crippen molar-refractivity contribution in [2.24, 2.45) is 0 Å². The second-order valence-corrected chi connectivity index (χ2v) is 8.06. The van der Waals surface area contributed by atoms with E-state index in [4.69, 9.17) is 4.42 Å². The van der Waals surface area contributed by atoms with Gasteiger partial charge in [0.1, 0.15) is 11.3 Å². The fourth-order valence-electron chi connectivity index (χ4n) is 3.21. The Labute approximate surface area is 143 Å². The van der Waals surface area contributed by atoms with E-state index in [-0.39, 0.29) is 15.8 Å². The lowest BCUT2D eigenvalue weighted by Gasteiger charge is -2.18. The summed E-state index contributed by atoms with van der Waals surface area (Å²) in [4.78, 5) is -0.310. The number of halogens is 2. The second-order valence-electron chi connectivity index (χ2n) is 6.11. The average molecular weight is 363 g/mol. The number of rotatable bonds is 2. The summed E-state index contributed by atoms with van der Waals surface area (Å²) in [6.45, 7) is 2.82. The van der Waals surface area contributed by atoms with E-state index in [1.807, 2.05) is 6.92 Å². The molecule has 1 N–H and O–H groups in total. The zero-order valence-corrected chi connectivity index (χ0v) is 14.2. The maximum atomic E-state index is 13.4. The predicted octanol–water partition coefficient (Wildman–Crippen LogP) is 3.75. The lowest BCUT2D eigenvalue weighted by molar-refractivity contribution is 0.426. The Kier molecular flexibility index (Phi) is 3.66. The molecule has 7 heteroatoms. The van der Waals surface area contributed by atoms with Gasteiger partial charge in [-0.3, -0.25) is 0 Å². The molecule has 0 aliphatic carbocycles. The summed E-state index contributed by atoms with van der Waals surface area (Å²) in [7, 11) is -3.97. The lowest BCUT2D eigenvalue weighted by atomic mass is 10.0. The minimum Gasteiger partial charge on any atom is -0.459 e. The number of furan rings is 1. The molecule has 1 unspecified atom stereocenters. The molecule has 4 rings (SSSR count). The predicted molar refractivity (Wildman–Crippen MR) is 88.1 cm³/mol. The van der Waals surface area contributed by atoms with Crippen LogP contribution < -0.4 is 5.32 Å². The van der Waals surface area contributed by atoms with Gasteiger partial charge in [0.2, 0.25) is 9.84 Å². The smallest absolute Gasteiger partial charge is 0.206 e.